The normalized spacial score (nSPS) is 8.33. The van der Waals surface area contributed by atoms with Gasteiger partial charge in [0.2, 0.25) is 0 Å². The number of aldehydes is 1. The van der Waals surface area contributed by atoms with E-state index in [1.807, 2.05) is 0 Å². The lowest BCUT2D eigenvalue weighted by atomic mass is 10.2. The molecule has 0 fully saturated rings. The highest BCUT2D eigenvalue weighted by Gasteiger charge is 2.00. The van der Waals surface area contributed by atoms with Gasteiger partial charge in [-0.05, 0) is 6.07 Å². The van der Waals surface area contributed by atoms with Gasteiger partial charge in [0.15, 0.2) is 12.0 Å². The van der Waals surface area contributed by atoms with Crippen LogP contribution < -0.4 is 5.73 Å². The molecule has 0 atom stereocenters. The second kappa shape index (κ2) is 3.39. The van der Waals surface area contributed by atoms with Gasteiger partial charge < -0.3 is 10.2 Å². The lowest BCUT2D eigenvalue weighted by Crippen LogP contribution is -2.06. The molecule has 0 radical (unpaired) electrons. The van der Waals surface area contributed by atoms with Crippen LogP contribution in [-0.2, 0) is 4.79 Å². The van der Waals surface area contributed by atoms with Crippen molar-refractivity contribution >= 4 is 12.2 Å². The first-order valence-electron chi connectivity index (χ1n) is 3.08. The molecule has 1 amide bonds. The number of hydrogen-bond donors (Lipinski definition) is 1. The van der Waals surface area contributed by atoms with E-state index in [0.29, 0.717) is 11.8 Å². The first-order chi connectivity index (χ1) is 5.74. The van der Waals surface area contributed by atoms with Gasteiger partial charge in [0, 0.05) is 5.92 Å². The zero-order valence-corrected chi connectivity index (χ0v) is 6.03. The van der Waals surface area contributed by atoms with Crippen LogP contribution in [0.1, 0.15) is 16.1 Å². The van der Waals surface area contributed by atoms with E-state index in [4.69, 9.17) is 10.2 Å². The molecule has 12 heavy (non-hydrogen) atoms. The molecule has 4 heteroatoms. The summed E-state index contributed by atoms with van der Waals surface area (Å²) in [5.74, 6) is 3.84. The zero-order chi connectivity index (χ0) is 8.97. The van der Waals surface area contributed by atoms with Crippen LogP contribution in [0.3, 0.4) is 0 Å². The topological polar surface area (TPSA) is 73.3 Å². The number of carbonyl (C=O) groups is 2. The summed E-state index contributed by atoms with van der Waals surface area (Å²) in [5.41, 5.74) is 5.13. The zero-order valence-electron chi connectivity index (χ0n) is 6.03. The first kappa shape index (κ1) is 8.08. The Morgan fingerprint density at radius 3 is 3.00 bits per heavy atom. The number of carbonyl (C=O) groups excluding carboxylic acids is 2. The molecule has 4 nitrogen and oxygen atoms in total. The van der Waals surface area contributed by atoms with E-state index in [2.05, 4.69) is 11.8 Å². The summed E-state index contributed by atoms with van der Waals surface area (Å²) >= 11 is 0. The summed E-state index contributed by atoms with van der Waals surface area (Å²) in [6.07, 6.45) is 1.83. The molecule has 1 aromatic rings. The third-order valence-corrected chi connectivity index (χ3v) is 1.12. The number of nitrogens with two attached hydrogens (primary N) is 1. The van der Waals surface area contributed by atoms with Gasteiger partial charge in [-0.25, -0.2) is 0 Å². The molecule has 0 aromatic carbocycles. The molecule has 1 rings (SSSR count). The fourth-order valence-corrected chi connectivity index (χ4v) is 0.644. The van der Waals surface area contributed by atoms with Gasteiger partial charge in [0.25, 0.3) is 5.91 Å². The molecule has 0 bridgehead atoms. The van der Waals surface area contributed by atoms with Crippen molar-refractivity contribution in [2.45, 2.75) is 0 Å². The Hall–Kier alpha value is -2.02. The molecule has 0 unspecified atom stereocenters. The Balaban J connectivity index is 2.98. The maximum absolute atomic E-state index is 10.3. The minimum atomic E-state index is -0.743. The predicted octanol–water partition coefficient (Wildman–Crippen LogP) is -0.0711. The second-order valence-corrected chi connectivity index (χ2v) is 1.93. The van der Waals surface area contributed by atoms with Crippen LogP contribution in [0.5, 0.6) is 0 Å². The molecule has 0 spiro atoms. The maximum Gasteiger partial charge on any atom is 0.293 e. The average Bonchev–Trinajstić information content (AvgIpc) is 2.47. The van der Waals surface area contributed by atoms with Crippen LogP contribution in [0.2, 0.25) is 0 Å². The molecule has 1 heterocycles. The van der Waals surface area contributed by atoms with E-state index in [1.165, 1.54) is 12.3 Å². The summed E-state index contributed by atoms with van der Waals surface area (Å²) in [6.45, 7) is 0. The lowest BCUT2D eigenvalue weighted by molar-refractivity contribution is -0.112. The Kier molecular flexibility index (Phi) is 2.29. The summed E-state index contributed by atoms with van der Waals surface area (Å²) < 4.78 is 4.72. The molecular weight excluding hydrogens is 158 g/mol. The van der Waals surface area contributed by atoms with Crippen molar-refractivity contribution in [2.24, 2.45) is 5.73 Å². The maximum atomic E-state index is 10.3. The standard InChI is InChI=1S/C8H5NO3/c9-8(11)2-1-6-3-4-12-7(6)5-10/h3-5H,(H2,9,11). The smallest absolute Gasteiger partial charge is 0.293 e. The first-order valence-corrected chi connectivity index (χ1v) is 3.08. The van der Waals surface area contributed by atoms with Crippen molar-refractivity contribution in [1.82, 2.24) is 0 Å². The minimum Gasteiger partial charge on any atom is -0.460 e. The van der Waals surface area contributed by atoms with E-state index >= 15 is 0 Å². The van der Waals surface area contributed by atoms with Crippen LogP contribution in [-0.4, -0.2) is 12.2 Å². The number of amides is 1. The molecule has 0 aliphatic rings. The predicted molar refractivity (Wildman–Crippen MR) is 40.2 cm³/mol. The fourth-order valence-electron chi connectivity index (χ4n) is 0.644. The van der Waals surface area contributed by atoms with Gasteiger partial charge in [-0.2, -0.15) is 0 Å². The highest BCUT2D eigenvalue weighted by Crippen LogP contribution is 2.04. The van der Waals surface area contributed by atoms with Crippen molar-refractivity contribution in [3.05, 3.63) is 23.7 Å². The summed E-state index contributed by atoms with van der Waals surface area (Å²) in [4.78, 5) is 20.5. The van der Waals surface area contributed by atoms with Crippen molar-refractivity contribution < 1.29 is 14.0 Å². The highest BCUT2D eigenvalue weighted by molar-refractivity contribution is 5.93. The molecule has 0 saturated heterocycles. The Bertz CT molecular complexity index is 367. The van der Waals surface area contributed by atoms with Gasteiger partial charge in [0.1, 0.15) is 0 Å². The monoisotopic (exact) mass is 163 g/mol. The summed E-state index contributed by atoms with van der Waals surface area (Å²) in [5, 5.41) is 0. The third kappa shape index (κ3) is 1.73. The van der Waals surface area contributed by atoms with E-state index in [0.717, 1.165) is 0 Å². The summed E-state index contributed by atoms with van der Waals surface area (Å²) in [6, 6.07) is 1.49. The largest absolute Gasteiger partial charge is 0.460 e. The highest BCUT2D eigenvalue weighted by atomic mass is 16.3. The summed E-state index contributed by atoms with van der Waals surface area (Å²) in [7, 11) is 0. The van der Waals surface area contributed by atoms with Gasteiger partial charge in [0.05, 0.1) is 11.8 Å². The Morgan fingerprint density at radius 2 is 2.42 bits per heavy atom. The van der Waals surface area contributed by atoms with E-state index < -0.39 is 5.91 Å². The van der Waals surface area contributed by atoms with Gasteiger partial charge in [-0.15, -0.1) is 0 Å². The van der Waals surface area contributed by atoms with Crippen molar-refractivity contribution in [3.8, 4) is 11.8 Å². The average molecular weight is 163 g/mol. The van der Waals surface area contributed by atoms with Crippen molar-refractivity contribution in [2.75, 3.05) is 0 Å². The molecule has 60 valence electrons. The van der Waals surface area contributed by atoms with Gasteiger partial charge in [-0.1, -0.05) is 5.92 Å². The van der Waals surface area contributed by atoms with Crippen LogP contribution in [0.25, 0.3) is 0 Å². The third-order valence-electron chi connectivity index (χ3n) is 1.12. The molecule has 0 aliphatic carbocycles. The van der Waals surface area contributed by atoms with Crippen LogP contribution in [0.15, 0.2) is 16.7 Å². The molecule has 1 aromatic heterocycles. The SMILES string of the molecule is NC(=O)C#Cc1ccoc1C=O. The van der Waals surface area contributed by atoms with Crippen LogP contribution in [0.4, 0.5) is 0 Å². The van der Waals surface area contributed by atoms with Crippen molar-refractivity contribution in [1.29, 1.82) is 0 Å². The number of furan rings is 1. The Morgan fingerprint density at radius 1 is 1.67 bits per heavy atom. The number of primary amides is 1. The van der Waals surface area contributed by atoms with E-state index in [9.17, 15) is 9.59 Å². The van der Waals surface area contributed by atoms with E-state index in [1.54, 1.807) is 0 Å². The lowest BCUT2D eigenvalue weighted by Gasteiger charge is -1.80. The van der Waals surface area contributed by atoms with Gasteiger partial charge in [-0.3, -0.25) is 9.59 Å². The van der Waals surface area contributed by atoms with E-state index in [-0.39, 0.29) is 5.76 Å². The molecule has 2 N–H and O–H groups in total. The van der Waals surface area contributed by atoms with Crippen molar-refractivity contribution in [3.63, 3.8) is 0 Å². The number of hydrogen-bond acceptors (Lipinski definition) is 3. The second-order valence-electron chi connectivity index (χ2n) is 1.93. The molecule has 0 aliphatic heterocycles. The van der Waals surface area contributed by atoms with Gasteiger partial charge >= 0.3 is 0 Å². The number of rotatable bonds is 1. The molecule has 0 saturated carbocycles. The fraction of sp³-hybridized carbons (Fsp3) is 0. The quantitative estimate of drug-likeness (QED) is 0.465. The molecular formula is C8H5NO3. The van der Waals surface area contributed by atoms with Crippen LogP contribution >= 0.6 is 0 Å². The Labute approximate surface area is 68.3 Å². The van der Waals surface area contributed by atoms with Crippen LogP contribution in [0, 0.1) is 11.8 Å². The minimum absolute atomic E-state index is 0.101.